The normalized spacial score (nSPS) is 17.4. The highest BCUT2D eigenvalue weighted by Gasteiger charge is 2.26. The first-order chi connectivity index (χ1) is 6.54. The number of carbonyl (C=O) groups is 1. The molecule has 0 fully saturated rings. The number of hydrogen-bond donors (Lipinski definition) is 2. The van der Waals surface area contributed by atoms with Crippen molar-refractivity contribution in [2.45, 2.75) is 40.0 Å². The molecule has 0 aliphatic heterocycles. The third-order valence-electron chi connectivity index (χ3n) is 3.12. The summed E-state index contributed by atoms with van der Waals surface area (Å²) in [7, 11) is 0. The molecule has 84 valence electrons. The predicted molar refractivity (Wildman–Crippen MR) is 58.0 cm³/mol. The van der Waals surface area contributed by atoms with Crippen molar-refractivity contribution in [3.63, 3.8) is 0 Å². The molecule has 0 aliphatic rings. The molecule has 0 spiro atoms. The van der Waals surface area contributed by atoms with Crippen molar-refractivity contribution in [2.24, 2.45) is 23.5 Å². The first-order valence-corrected chi connectivity index (χ1v) is 5.47. The number of carboxylic acids is 1. The number of rotatable bonds is 7. The molecule has 3 heteroatoms. The lowest BCUT2D eigenvalue weighted by Crippen LogP contribution is -2.32. The first-order valence-electron chi connectivity index (χ1n) is 5.47. The van der Waals surface area contributed by atoms with Gasteiger partial charge in [0, 0.05) is 6.54 Å². The Morgan fingerprint density at radius 2 is 2.00 bits per heavy atom. The van der Waals surface area contributed by atoms with E-state index in [0.29, 0.717) is 5.92 Å². The largest absolute Gasteiger partial charge is 0.481 e. The zero-order chi connectivity index (χ0) is 11.1. The van der Waals surface area contributed by atoms with Gasteiger partial charge in [0.05, 0.1) is 5.92 Å². The predicted octanol–water partition coefficient (Wildman–Crippen LogP) is 2.11. The minimum absolute atomic E-state index is 0.170. The summed E-state index contributed by atoms with van der Waals surface area (Å²) in [6.07, 6.45) is 3.43. The molecule has 3 N–H and O–H groups in total. The number of aliphatic carboxylic acids is 1. The summed E-state index contributed by atoms with van der Waals surface area (Å²) in [5.41, 5.74) is 5.46. The molecule has 3 nitrogen and oxygen atoms in total. The van der Waals surface area contributed by atoms with E-state index in [-0.39, 0.29) is 18.4 Å². The fourth-order valence-corrected chi connectivity index (χ4v) is 1.73. The lowest BCUT2D eigenvalue weighted by atomic mass is 9.81. The fourth-order valence-electron chi connectivity index (χ4n) is 1.73. The van der Waals surface area contributed by atoms with Crippen molar-refractivity contribution >= 4 is 5.97 Å². The van der Waals surface area contributed by atoms with Crippen LogP contribution in [0.3, 0.4) is 0 Å². The van der Waals surface area contributed by atoms with Gasteiger partial charge in [-0.15, -0.1) is 0 Å². The molecule has 0 aromatic carbocycles. The molecule has 0 aromatic heterocycles. The second-order valence-corrected chi connectivity index (χ2v) is 4.16. The van der Waals surface area contributed by atoms with Crippen molar-refractivity contribution in [2.75, 3.05) is 6.54 Å². The fraction of sp³-hybridized carbons (Fsp3) is 0.909. The van der Waals surface area contributed by atoms with E-state index in [1.165, 1.54) is 6.42 Å². The Kier molecular flexibility index (Phi) is 6.54. The number of unbranched alkanes of at least 4 members (excludes halogenated alkanes) is 1. The maximum atomic E-state index is 10.9. The Morgan fingerprint density at radius 3 is 2.36 bits per heavy atom. The third-order valence-corrected chi connectivity index (χ3v) is 3.12. The quantitative estimate of drug-likeness (QED) is 0.663. The Labute approximate surface area is 86.7 Å². The average molecular weight is 201 g/mol. The van der Waals surface area contributed by atoms with E-state index in [2.05, 4.69) is 13.8 Å². The van der Waals surface area contributed by atoms with Crippen LogP contribution < -0.4 is 5.73 Å². The van der Waals surface area contributed by atoms with Gasteiger partial charge in [-0.05, 0) is 11.8 Å². The summed E-state index contributed by atoms with van der Waals surface area (Å²) in [5.74, 6) is -0.533. The van der Waals surface area contributed by atoms with Crippen molar-refractivity contribution in [1.29, 1.82) is 0 Å². The van der Waals surface area contributed by atoms with Gasteiger partial charge in [-0.1, -0.05) is 40.0 Å². The summed E-state index contributed by atoms with van der Waals surface area (Å²) in [4.78, 5) is 10.9. The first kappa shape index (κ1) is 13.4. The molecule has 0 bridgehead atoms. The molecule has 14 heavy (non-hydrogen) atoms. The van der Waals surface area contributed by atoms with Crippen LogP contribution in [0.5, 0.6) is 0 Å². The van der Waals surface area contributed by atoms with Gasteiger partial charge in [-0.2, -0.15) is 0 Å². The van der Waals surface area contributed by atoms with E-state index in [0.717, 1.165) is 12.8 Å². The maximum absolute atomic E-state index is 10.9. The molecule has 0 heterocycles. The number of nitrogens with two attached hydrogens (primary N) is 1. The molecule has 0 amide bonds. The highest BCUT2D eigenvalue weighted by atomic mass is 16.4. The molecule has 0 rings (SSSR count). The van der Waals surface area contributed by atoms with Crippen LogP contribution in [-0.2, 0) is 4.79 Å². The molecule has 0 aliphatic carbocycles. The minimum Gasteiger partial charge on any atom is -0.481 e. The standard InChI is InChI=1S/C11H23NO2/c1-4-5-6-8(2)9(3)10(7-12)11(13)14/h8-10H,4-7,12H2,1-3H3,(H,13,14). The smallest absolute Gasteiger partial charge is 0.308 e. The van der Waals surface area contributed by atoms with E-state index in [4.69, 9.17) is 10.8 Å². The summed E-state index contributed by atoms with van der Waals surface area (Å²) in [6.45, 7) is 6.50. The monoisotopic (exact) mass is 201 g/mol. The topological polar surface area (TPSA) is 63.3 Å². The van der Waals surface area contributed by atoms with Crippen LogP contribution in [0.25, 0.3) is 0 Å². The van der Waals surface area contributed by atoms with E-state index < -0.39 is 5.97 Å². The Balaban J connectivity index is 4.12. The lowest BCUT2D eigenvalue weighted by Gasteiger charge is -2.24. The van der Waals surface area contributed by atoms with Gasteiger partial charge in [0.2, 0.25) is 0 Å². The highest BCUT2D eigenvalue weighted by molar-refractivity contribution is 5.70. The summed E-state index contributed by atoms with van der Waals surface area (Å²) in [6, 6.07) is 0. The van der Waals surface area contributed by atoms with Gasteiger partial charge < -0.3 is 10.8 Å². The summed E-state index contributed by atoms with van der Waals surface area (Å²) in [5, 5.41) is 8.94. The summed E-state index contributed by atoms with van der Waals surface area (Å²) >= 11 is 0. The van der Waals surface area contributed by atoms with Crippen LogP contribution in [-0.4, -0.2) is 17.6 Å². The molecular formula is C11H23NO2. The zero-order valence-corrected chi connectivity index (χ0v) is 9.49. The van der Waals surface area contributed by atoms with Crippen LogP contribution in [0.15, 0.2) is 0 Å². The molecule has 0 aromatic rings. The van der Waals surface area contributed by atoms with Crippen LogP contribution >= 0.6 is 0 Å². The molecule has 0 radical (unpaired) electrons. The van der Waals surface area contributed by atoms with Crippen molar-refractivity contribution in [3.05, 3.63) is 0 Å². The van der Waals surface area contributed by atoms with Gasteiger partial charge in [0.15, 0.2) is 0 Å². The SMILES string of the molecule is CCCCC(C)C(C)C(CN)C(=O)O. The second kappa shape index (κ2) is 6.82. The minimum atomic E-state index is -0.761. The van der Waals surface area contributed by atoms with Gasteiger partial charge in [0.1, 0.15) is 0 Å². The van der Waals surface area contributed by atoms with Crippen molar-refractivity contribution < 1.29 is 9.90 Å². The van der Waals surface area contributed by atoms with E-state index in [1.807, 2.05) is 6.92 Å². The van der Waals surface area contributed by atoms with Gasteiger partial charge in [0.25, 0.3) is 0 Å². The molecule has 0 saturated heterocycles. The maximum Gasteiger partial charge on any atom is 0.308 e. The van der Waals surface area contributed by atoms with Crippen LogP contribution in [0.1, 0.15) is 40.0 Å². The van der Waals surface area contributed by atoms with Crippen LogP contribution in [0, 0.1) is 17.8 Å². The van der Waals surface area contributed by atoms with Gasteiger partial charge in [-0.3, -0.25) is 4.79 Å². The highest BCUT2D eigenvalue weighted by Crippen LogP contribution is 2.24. The second-order valence-electron chi connectivity index (χ2n) is 4.16. The van der Waals surface area contributed by atoms with E-state index >= 15 is 0 Å². The van der Waals surface area contributed by atoms with Crippen molar-refractivity contribution in [3.8, 4) is 0 Å². The van der Waals surface area contributed by atoms with E-state index in [1.54, 1.807) is 0 Å². The Morgan fingerprint density at radius 1 is 1.43 bits per heavy atom. The Bertz CT molecular complexity index is 171. The van der Waals surface area contributed by atoms with Crippen LogP contribution in [0.2, 0.25) is 0 Å². The Hall–Kier alpha value is -0.570. The van der Waals surface area contributed by atoms with Crippen molar-refractivity contribution in [1.82, 2.24) is 0 Å². The van der Waals surface area contributed by atoms with Crippen LogP contribution in [0.4, 0.5) is 0 Å². The molecule has 0 saturated carbocycles. The average Bonchev–Trinajstić information content (AvgIpc) is 2.14. The van der Waals surface area contributed by atoms with Gasteiger partial charge >= 0.3 is 5.97 Å². The number of hydrogen-bond acceptors (Lipinski definition) is 2. The molecular weight excluding hydrogens is 178 g/mol. The molecule has 3 atom stereocenters. The summed E-state index contributed by atoms with van der Waals surface area (Å²) < 4.78 is 0. The lowest BCUT2D eigenvalue weighted by molar-refractivity contribution is -0.143. The molecule has 3 unspecified atom stereocenters. The number of carboxylic acid groups (broad SMARTS) is 1. The van der Waals surface area contributed by atoms with E-state index in [9.17, 15) is 4.79 Å². The third kappa shape index (κ3) is 4.09. The van der Waals surface area contributed by atoms with Gasteiger partial charge in [-0.25, -0.2) is 0 Å². The zero-order valence-electron chi connectivity index (χ0n) is 9.49.